The van der Waals surface area contributed by atoms with E-state index < -0.39 is 0 Å². The third-order valence-corrected chi connectivity index (χ3v) is 2.67. The van der Waals surface area contributed by atoms with Crippen molar-refractivity contribution in [1.82, 2.24) is 5.32 Å². The summed E-state index contributed by atoms with van der Waals surface area (Å²) in [5.74, 6) is 1.15. The van der Waals surface area contributed by atoms with Crippen LogP contribution in [0.4, 0.5) is 0 Å². The fourth-order valence-electron chi connectivity index (χ4n) is 1.59. The first-order valence-electron chi connectivity index (χ1n) is 6.76. The van der Waals surface area contributed by atoms with Crippen LogP contribution in [0.1, 0.15) is 36.5 Å². The lowest BCUT2D eigenvalue weighted by Crippen LogP contribution is -2.18. The summed E-state index contributed by atoms with van der Waals surface area (Å²) in [7, 11) is 1.60. The van der Waals surface area contributed by atoms with Gasteiger partial charge >= 0.3 is 0 Å². The van der Waals surface area contributed by atoms with Crippen LogP contribution in [0.5, 0.6) is 11.5 Å². The Kier molecular flexibility index (Phi) is 7.17. The summed E-state index contributed by atoms with van der Waals surface area (Å²) < 4.78 is 11.0. The van der Waals surface area contributed by atoms with Crippen LogP contribution in [-0.2, 0) is 4.79 Å². The van der Waals surface area contributed by atoms with Gasteiger partial charge in [0, 0.05) is 19.5 Å². The highest BCUT2D eigenvalue weighted by Crippen LogP contribution is 2.24. The van der Waals surface area contributed by atoms with Gasteiger partial charge in [-0.2, -0.15) is 0 Å². The largest absolute Gasteiger partial charge is 0.493 e. The molecular weight excluding hydrogens is 258 g/mol. The van der Waals surface area contributed by atoms with Crippen molar-refractivity contribution in [2.24, 2.45) is 0 Å². The number of rotatable bonds is 9. The van der Waals surface area contributed by atoms with E-state index in [0.717, 1.165) is 12.7 Å². The number of carbonyl (C=O) groups excluding carboxylic acids is 2. The second kappa shape index (κ2) is 8.96. The molecule has 0 aromatic heterocycles. The number of carbonyl (C=O) groups is 2. The molecule has 20 heavy (non-hydrogen) atoms. The Morgan fingerprint density at radius 3 is 2.75 bits per heavy atom. The van der Waals surface area contributed by atoms with Crippen molar-refractivity contribution in [1.29, 1.82) is 0 Å². The number of nitrogens with one attached hydrogen (secondary N) is 1. The van der Waals surface area contributed by atoms with Crippen LogP contribution >= 0.6 is 0 Å². The molecule has 0 aliphatic rings. The van der Waals surface area contributed by atoms with Crippen LogP contribution in [0, 0.1) is 0 Å². The van der Waals surface area contributed by atoms with E-state index in [0.29, 0.717) is 43.1 Å². The Balaban J connectivity index is 2.57. The molecule has 1 N–H and O–H groups in total. The Morgan fingerprint density at radius 1 is 1.30 bits per heavy atom. The van der Waals surface area contributed by atoms with Gasteiger partial charge in [-0.15, -0.1) is 0 Å². The molecule has 5 nitrogen and oxygen atoms in total. The molecule has 1 aromatic carbocycles. The molecule has 0 bridgehead atoms. The van der Waals surface area contributed by atoms with Gasteiger partial charge in [0.1, 0.15) is 11.5 Å². The molecule has 0 saturated heterocycles. The third kappa shape index (κ3) is 5.30. The molecule has 0 saturated carbocycles. The maximum atomic E-state index is 11.1. The maximum absolute atomic E-state index is 11.1. The minimum absolute atomic E-state index is 0.0239. The zero-order chi connectivity index (χ0) is 14.8. The SMILES string of the molecule is CCCOc1ccc(C=O)c(OCCCC(=O)NC)c1. The molecule has 0 aliphatic heterocycles. The monoisotopic (exact) mass is 279 g/mol. The van der Waals surface area contributed by atoms with Gasteiger partial charge in [-0.1, -0.05) is 6.92 Å². The van der Waals surface area contributed by atoms with Crippen LogP contribution in [0.15, 0.2) is 18.2 Å². The van der Waals surface area contributed by atoms with E-state index in [4.69, 9.17) is 9.47 Å². The first-order chi connectivity index (χ1) is 9.71. The number of amides is 1. The maximum Gasteiger partial charge on any atom is 0.219 e. The number of hydrogen-bond donors (Lipinski definition) is 1. The molecule has 1 rings (SSSR count). The van der Waals surface area contributed by atoms with Crippen molar-refractivity contribution < 1.29 is 19.1 Å². The van der Waals surface area contributed by atoms with E-state index in [9.17, 15) is 9.59 Å². The first kappa shape index (κ1) is 16.0. The fraction of sp³-hybridized carbons (Fsp3) is 0.467. The molecule has 5 heteroatoms. The highest BCUT2D eigenvalue weighted by molar-refractivity contribution is 5.79. The van der Waals surface area contributed by atoms with Gasteiger partial charge in [-0.05, 0) is 25.0 Å². The average molecular weight is 279 g/mol. The minimum Gasteiger partial charge on any atom is -0.493 e. The standard InChI is InChI=1S/C15H21NO4/c1-3-8-19-13-7-6-12(11-17)14(10-13)20-9-4-5-15(18)16-2/h6-7,10-11H,3-5,8-9H2,1-2H3,(H,16,18). The summed E-state index contributed by atoms with van der Waals surface area (Å²) in [6.45, 7) is 3.03. The minimum atomic E-state index is -0.0239. The van der Waals surface area contributed by atoms with Gasteiger partial charge in [0.25, 0.3) is 0 Å². The molecule has 0 unspecified atom stereocenters. The van der Waals surface area contributed by atoms with Crippen molar-refractivity contribution in [2.75, 3.05) is 20.3 Å². The van der Waals surface area contributed by atoms with Crippen LogP contribution in [0.3, 0.4) is 0 Å². The van der Waals surface area contributed by atoms with E-state index >= 15 is 0 Å². The van der Waals surface area contributed by atoms with Crippen molar-refractivity contribution in [3.05, 3.63) is 23.8 Å². The predicted octanol–water partition coefficient (Wildman–Crippen LogP) is 2.19. The molecule has 0 heterocycles. The van der Waals surface area contributed by atoms with Gasteiger partial charge in [0.2, 0.25) is 5.91 Å². The van der Waals surface area contributed by atoms with Crippen molar-refractivity contribution in [3.63, 3.8) is 0 Å². The highest BCUT2D eigenvalue weighted by atomic mass is 16.5. The van der Waals surface area contributed by atoms with E-state index in [1.54, 1.807) is 25.2 Å². The molecule has 0 aliphatic carbocycles. The summed E-state index contributed by atoms with van der Waals surface area (Å²) >= 11 is 0. The summed E-state index contributed by atoms with van der Waals surface area (Å²) in [5.41, 5.74) is 0.480. The van der Waals surface area contributed by atoms with E-state index in [1.165, 1.54) is 0 Å². The van der Waals surface area contributed by atoms with Crippen LogP contribution in [0.25, 0.3) is 0 Å². The van der Waals surface area contributed by atoms with Crippen LogP contribution in [0.2, 0.25) is 0 Å². The normalized spacial score (nSPS) is 9.90. The second-order valence-electron chi connectivity index (χ2n) is 4.29. The Hall–Kier alpha value is -2.04. The number of aldehydes is 1. The van der Waals surface area contributed by atoms with E-state index in [2.05, 4.69) is 5.32 Å². The number of benzene rings is 1. The molecule has 0 atom stereocenters. The van der Waals surface area contributed by atoms with Crippen molar-refractivity contribution in [2.45, 2.75) is 26.2 Å². The molecule has 1 aromatic rings. The van der Waals surface area contributed by atoms with E-state index in [1.807, 2.05) is 6.92 Å². The summed E-state index contributed by atoms with van der Waals surface area (Å²) in [4.78, 5) is 22.0. The zero-order valence-corrected chi connectivity index (χ0v) is 12.0. The number of ether oxygens (including phenoxy) is 2. The lowest BCUT2D eigenvalue weighted by Gasteiger charge is -2.11. The lowest BCUT2D eigenvalue weighted by atomic mass is 10.2. The molecule has 110 valence electrons. The van der Waals surface area contributed by atoms with Gasteiger partial charge < -0.3 is 14.8 Å². The smallest absolute Gasteiger partial charge is 0.219 e. The van der Waals surface area contributed by atoms with E-state index in [-0.39, 0.29) is 5.91 Å². The predicted molar refractivity (Wildman–Crippen MR) is 76.4 cm³/mol. The molecule has 1 amide bonds. The lowest BCUT2D eigenvalue weighted by molar-refractivity contribution is -0.120. The van der Waals surface area contributed by atoms with Crippen molar-refractivity contribution >= 4 is 12.2 Å². The Labute approximate surface area is 119 Å². The van der Waals surface area contributed by atoms with Gasteiger partial charge in [0.05, 0.1) is 18.8 Å². The quantitative estimate of drug-likeness (QED) is 0.556. The van der Waals surface area contributed by atoms with Gasteiger partial charge in [-0.25, -0.2) is 0 Å². The third-order valence-electron chi connectivity index (χ3n) is 2.67. The molecule has 0 radical (unpaired) electrons. The summed E-state index contributed by atoms with van der Waals surface area (Å²) in [6, 6.07) is 5.13. The molecule has 0 spiro atoms. The Bertz CT molecular complexity index is 445. The van der Waals surface area contributed by atoms with Crippen LogP contribution < -0.4 is 14.8 Å². The van der Waals surface area contributed by atoms with Gasteiger partial charge in [0.15, 0.2) is 6.29 Å². The van der Waals surface area contributed by atoms with Crippen molar-refractivity contribution in [3.8, 4) is 11.5 Å². The fourth-order valence-corrected chi connectivity index (χ4v) is 1.59. The second-order valence-corrected chi connectivity index (χ2v) is 4.29. The summed E-state index contributed by atoms with van der Waals surface area (Å²) in [6.07, 6.45) is 2.66. The first-order valence-corrected chi connectivity index (χ1v) is 6.76. The highest BCUT2D eigenvalue weighted by Gasteiger charge is 2.06. The average Bonchev–Trinajstić information content (AvgIpc) is 2.49. The zero-order valence-electron chi connectivity index (χ0n) is 12.0. The molecular formula is C15H21NO4. The summed E-state index contributed by atoms with van der Waals surface area (Å²) in [5, 5.41) is 2.55. The van der Waals surface area contributed by atoms with Gasteiger partial charge in [-0.3, -0.25) is 9.59 Å². The van der Waals surface area contributed by atoms with Crippen LogP contribution in [-0.4, -0.2) is 32.5 Å². The topological polar surface area (TPSA) is 64.6 Å². The number of hydrogen-bond acceptors (Lipinski definition) is 4. The molecule has 0 fully saturated rings. The Morgan fingerprint density at radius 2 is 2.10 bits per heavy atom.